The summed E-state index contributed by atoms with van der Waals surface area (Å²) in [5.41, 5.74) is 0.851. The molecule has 2 aliphatic heterocycles. The van der Waals surface area contributed by atoms with Crippen LogP contribution in [0.5, 0.6) is 0 Å². The molecule has 2 aliphatic rings. The maximum atomic E-state index is 13.6. The van der Waals surface area contributed by atoms with Gasteiger partial charge in [0, 0.05) is 12.5 Å². The zero-order valence-electron chi connectivity index (χ0n) is 17.1. The van der Waals surface area contributed by atoms with Crippen molar-refractivity contribution >= 4 is 11.9 Å². The van der Waals surface area contributed by atoms with E-state index in [9.17, 15) is 19.1 Å². The molecule has 1 aromatic heterocycles. The molecule has 31 heavy (non-hydrogen) atoms. The van der Waals surface area contributed by atoms with Crippen LogP contribution >= 0.6 is 0 Å². The molecule has 0 spiro atoms. The summed E-state index contributed by atoms with van der Waals surface area (Å²) in [4.78, 5) is 23.7. The van der Waals surface area contributed by atoms with Crippen molar-refractivity contribution in [2.45, 2.75) is 57.0 Å². The predicted molar refractivity (Wildman–Crippen MR) is 101 cm³/mol. The number of aliphatic carboxylic acids is 1. The molecule has 10 nitrogen and oxygen atoms in total. The van der Waals surface area contributed by atoms with E-state index in [1.807, 2.05) is 0 Å². The number of carboxylic acid groups (broad SMARTS) is 1. The van der Waals surface area contributed by atoms with E-state index in [1.165, 1.54) is 29.9 Å². The highest BCUT2D eigenvalue weighted by Gasteiger charge is 2.56. The molecule has 0 radical (unpaired) electrons. The summed E-state index contributed by atoms with van der Waals surface area (Å²) < 4.78 is 37.7. The van der Waals surface area contributed by atoms with Gasteiger partial charge in [-0.15, -0.1) is 5.10 Å². The maximum Gasteiger partial charge on any atom is 0.336 e. The number of carboxylic acids is 1. The zero-order chi connectivity index (χ0) is 22.3. The van der Waals surface area contributed by atoms with Crippen LogP contribution in [0.2, 0.25) is 0 Å². The average Bonchev–Trinajstić information content (AvgIpc) is 3.16. The lowest BCUT2D eigenvalue weighted by molar-refractivity contribution is -0.346. The third-order valence-electron chi connectivity index (χ3n) is 5.16. The predicted octanol–water partition coefficient (Wildman–Crippen LogP) is 1.56. The Kier molecular flexibility index (Phi) is 5.50. The van der Waals surface area contributed by atoms with Crippen molar-refractivity contribution in [3.63, 3.8) is 0 Å². The van der Waals surface area contributed by atoms with Gasteiger partial charge >= 0.3 is 11.9 Å². The highest BCUT2D eigenvalue weighted by Crippen LogP contribution is 2.39. The third-order valence-corrected chi connectivity index (χ3v) is 5.16. The van der Waals surface area contributed by atoms with E-state index in [0.717, 1.165) is 0 Å². The molecule has 0 unspecified atom stereocenters. The van der Waals surface area contributed by atoms with E-state index < -0.39 is 54.0 Å². The van der Waals surface area contributed by atoms with Gasteiger partial charge in [0.25, 0.3) is 0 Å². The van der Waals surface area contributed by atoms with Crippen LogP contribution in [0.15, 0.2) is 30.5 Å². The Labute approximate surface area is 176 Å². The molecule has 1 N–H and O–H groups in total. The standard InChI is InChI=1S/C20H22FN3O7/c1-10(25)29-17-15(24-8-13(22-23-24)11-5-4-6-12(21)7-11)16-14(30-18(17)19(26)27)9-28-20(2,3)31-16/h4-8,14-18H,9H2,1-3H3,(H,26,27)/t14-,15+,16+,17-,18-/m1/s1. The molecule has 1 aromatic carbocycles. The molecule has 3 heterocycles. The van der Waals surface area contributed by atoms with Crippen molar-refractivity contribution in [2.24, 2.45) is 0 Å². The Balaban J connectivity index is 1.77. The lowest BCUT2D eigenvalue weighted by atomic mass is 9.91. The molecule has 2 aromatic rings. The summed E-state index contributed by atoms with van der Waals surface area (Å²) in [5, 5.41) is 17.9. The molecular formula is C20H22FN3O7. The molecule has 0 amide bonds. The van der Waals surface area contributed by atoms with Crippen LogP contribution in [0.4, 0.5) is 4.39 Å². The van der Waals surface area contributed by atoms with Crippen molar-refractivity contribution in [1.29, 1.82) is 0 Å². The number of esters is 1. The summed E-state index contributed by atoms with van der Waals surface area (Å²) in [6.45, 7) is 4.68. The first-order valence-electron chi connectivity index (χ1n) is 9.69. The largest absolute Gasteiger partial charge is 0.479 e. The van der Waals surface area contributed by atoms with Crippen molar-refractivity contribution < 1.29 is 38.0 Å². The normalized spacial score (nSPS) is 29.7. The monoisotopic (exact) mass is 435 g/mol. The summed E-state index contributed by atoms with van der Waals surface area (Å²) in [5.74, 6) is -3.40. The minimum atomic E-state index is -1.47. The summed E-state index contributed by atoms with van der Waals surface area (Å²) in [6.07, 6.45) is -2.67. The zero-order valence-corrected chi connectivity index (χ0v) is 17.1. The molecule has 11 heteroatoms. The molecule has 4 rings (SSSR count). The summed E-state index contributed by atoms with van der Waals surface area (Å²) >= 11 is 0. The number of carbonyl (C=O) groups excluding carboxylic acids is 1. The van der Waals surface area contributed by atoms with Gasteiger partial charge in [0.1, 0.15) is 29.8 Å². The lowest BCUT2D eigenvalue weighted by Crippen LogP contribution is -2.64. The number of carbonyl (C=O) groups is 2. The fraction of sp³-hybridized carbons (Fsp3) is 0.500. The highest BCUT2D eigenvalue weighted by atomic mass is 19.1. The van der Waals surface area contributed by atoms with Crippen LogP contribution in [0.25, 0.3) is 11.3 Å². The first-order chi connectivity index (χ1) is 14.6. The van der Waals surface area contributed by atoms with E-state index >= 15 is 0 Å². The first kappa shape index (κ1) is 21.3. The van der Waals surface area contributed by atoms with Crippen molar-refractivity contribution in [1.82, 2.24) is 15.0 Å². The Morgan fingerprint density at radius 2 is 2.13 bits per heavy atom. The maximum absolute atomic E-state index is 13.6. The van der Waals surface area contributed by atoms with Gasteiger partial charge in [0.15, 0.2) is 18.0 Å². The Bertz CT molecular complexity index is 995. The minimum absolute atomic E-state index is 0.0796. The summed E-state index contributed by atoms with van der Waals surface area (Å²) in [7, 11) is 0. The van der Waals surface area contributed by atoms with Gasteiger partial charge in [0.2, 0.25) is 0 Å². The van der Waals surface area contributed by atoms with Gasteiger partial charge in [-0.3, -0.25) is 4.79 Å². The second kappa shape index (κ2) is 7.98. The van der Waals surface area contributed by atoms with Gasteiger partial charge in [-0.05, 0) is 26.0 Å². The van der Waals surface area contributed by atoms with Crippen LogP contribution in [0, 0.1) is 5.82 Å². The number of rotatable bonds is 4. The van der Waals surface area contributed by atoms with Gasteiger partial charge in [-0.2, -0.15) is 0 Å². The highest BCUT2D eigenvalue weighted by molar-refractivity contribution is 5.75. The number of hydrogen-bond acceptors (Lipinski definition) is 8. The SMILES string of the molecule is CC(=O)O[C@@H]1[C@@H](n2cc(-c3cccc(F)c3)nn2)[C@H]2OC(C)(C)OC[C@H]2O[C@H]1C(=O)O. The van der Waals surface area contributed by atoms with E-state index in [-0.39, 0.29) is 6.61 Å². The van der Waals surface area contributed by atoms with Crippen LogP contribution in [0.1, 0.15) is 26.8 Å². The first-order valence-corrected chi connectivity index (χ1v) is 9.69. The second-order valence-electron chi connectivity index (χ2n) is 7.89. The Morgan fingerprint density at radius 3 is 2.81 bits per heavy atom. The fourth-order valence-electron chi connectivity index (χ4n) is 3.88. The average molecular weight is 435 g/mol. The number of hydrogen-bond donors (Lipinski definition) is 1. The number of halogens is 1. The van der Waals surface area contributed by atoms with Crippen LogP contribution in [-0.2, 0) is 28.5 Å². The number of nitrogens with zero attached hydrogens (tertiary/aromatic N) is 3. The topological polar surface area (TPSA) is 122 Å². The number of ether oxygens (including phenoxy) is 4. The second-order valence-corrected chi connectivity index (χ2v) is 7.89. The van der Waals surface area contributed by atoms with Gasteiger partial charge in [-0.25, -0.2) is 13.9 Å². The van der Waals surface area contributed by atoms with Gasteiger partial charge < -0.3 is 24.1 Å². The van der Waals surface area contributed by atoms with Crippen LogP contribution < -0.4 is 0 Å². The lowest BCUT2D eigenvalue weighted by Gasteiger charge is -2.49. The third kappa shape index (κ3) is 4.29. The molecule has 166 valence electrons. The van der Waals surface area contributed by atoms with Crippen molar-refractivity contribution in [3.05, 3.63) is 36.3 Å². The summed E-state index contributed by atoms with van der Waals surface area (Å²) in [6, 6.07) is 4.95. The van der Waals surface area contributed by atoms with Gasteiger partial charge in [-0.1, -0.05) is 17.3 Å². The van der Waals surface area contributed by atoms with E-state index in [0.29, 0.717) is 11.3 Å². The molecule has 0 bridgehead atoms. The Hall–Kier alpha value is -2.89. The van der Waals surface area contributed by atoms with E-state index in [4.69, 9.17) is 18.9 Å². The van der Waals surface area contributed by atoms with Crippen LogP contribution in [-0.4, -0.2) is 68.8 Å². The molecule has 0 aliphatic carbocycles. The fourth-order valence-corrected chi connectivity index (χ4v) is 3.88. The number of aromatic nitrogens is 3. The van der Waals surface area contributed by atoms with Crippen molar-refractivity contribution in [3.8, 4) is 11.3 Å². The number of fused-ring (bicyclic) bond motifs is 1. The van der Waals surface area contributed by atoms with Gasteiger partial charge in [0.05, 0.1) is 12.8 Å². The minimum Gasteiger partial charge on any atom is -0.479 e. The molecule has 2 fully saturated rings. The number of benzene rings is 1. The quantitative estimate of drug-likeness (QED) is 0.713. The molecule has 2 saturated heterocycles. The van der Waals surface area contributed by atoms with E-state index in [1.54, 1.807) is 26.0 Å². The van der Waals surface area contributed by atoms with Crippen LogP contribution in [0.3, 0.4) is 0 Å². The molecule has 5 atom stereocenters. The van der Waals surface area contributed by atoms with E-state index in [2.05, 4.69) is 10.3 Å². The Morgan fingerprint density at radius 1 is 1.35 bits per heavy atom. The molecular weight excluding hydrogens is 413 g/mol. The molecule has 0 saturated carbocycles. The smallest absolute Gasteiger partial charge is 0.336 e. The van der Waals surface area contributed by atoms with Crippen molar-refractivity contribution in [2.75, 3.05) is 6.61 Å².